The van der Waals surface area contributed by atoms with Crippen molar-refractivity contribution in [3.63, 3.8) is 0 Å². The van der Waals surface area contributed by atoms with Crippen molar-refractivity contribution in [1.82, 2.24) is 9.80 Å². The Morgan fingerprint density at radius 1 is 1.15 bits per heavy atom. The molecule has 0 bridgehead atoms. The van der Waals surface area contributed by atoms with Gasteiger partial charge in [0.25, 0.3) is 0 Å². The fourth-order valence-electron chi connectivity index (χ4n) is 4.15. The molecule has 0 spiro atoms. The Hall–Kier alpha value is -0.160. The van der Waals surface area contributed by atoms with Crippen molar-refractivity contribution in [1.29, 1.82) is 0 Å². The number of nitrogens with zero attached hydrogens (tertiary/aromatic N) is 2. The SMILES string of the molecule is CC1CN(CC2C(O)C(C)(C)OC2(C)C)CC1N(C)C. The summed E-state index contributed by atoms with van der Waals surface area (Å²) in [4.78, 5) is 4.82. The molecule has 2 rings (SSSR count). The summed E-state index contributed by atoms with van der Waals surface area (Å²) in [6, 6.07) is 0.616. The molecule has 4 atom stereocenters. The summed E-state index contributed by atoms with van der Waals surface area (Å²) < 4.78 is 6.09. The van der Waals surface area contributed by atoms with Crippen molar-refractivity contribution in [3.05, 3.63) is 0 Å². The number of likely N-dealkylation sites (N-methyl/N-ethyl adjacent to an activating group) is 1. The number of hydrogen-bond donors (Lipinski definition) is 1. The van der Waals surface area contributed by atoms with Gasteiger partial charge in [0, 0.05) is 31.6 Å². The van der Waals surface area contributed by atoms with E-state index in [1.54, 1.807) is 0 Å². The lowest BCUT2D eigenvalue weighted by Gasteiger charge is -2.31. The maximum absolute atomic E-state index is 10.6. The van der Waals surface area contributed by atoms with Crippen LogP contribution in [0.15, 0.2) is 0 Å². The van der Waals surface area contributed by atoms with Crippen LogP contribution in [0.4, 0.5) is 0 Å². The average Bonchev–Trinajstić information content (AvgIpc) is 2.70. The molecule has 0 radical (unpaired) electrons. The zero-order chi connectivity index (χ0) is 15.3. The highest BCUT2D eigenvalue weighted by molar-refractivity contribution is 5.03. The molecule has 0 saturated carbocycles. The number of rotatable bonds is 3. The van der Waals surface area contributed by atoms with E-state index in [4.69, 9.17) is 4.74 Å². The Morgan fingerprint density at radius 2 is 1.75 bits per heavy atom. The highest BCUT2D eigenvalue weighted by Gasteiger charge is 2.53. The van der Waals surface area contributed by atoms with E-state index in [9.17, 15) is 5.11 Å². The van der Waals surface area contributed by atoms with Crippen molar-refractivity contribution in [2.75, 3.05) is 33.7 Å². The van der Waals surface area contributed by atoms with Crippen molar-refractivity contribution in [3.8, 4) is 0 Å². The Kier molecular flexibility index (Phi) is 4.25. The van der Waals surface area contributed by atoms with Gasteiger partial charge >= 0.3 is 0 Å². The van der Waals surface area contributed by atoms with Crippen molar-refractivity contribution >= 4 is 0 Å². The Labute approximate surface area is 124 Å². The highest BCUT2D eigenvalue weighted by atomic mass is 16.5. The van der Waals surface area contributed by atoms with Gasteiger partial charge in [0.1, 0.15) is 0 Å². The number of likely N-dealkylation sites (tertiary alicyclic amines) is 1. The summed E-state index contributed by atoms with van der Waals surface area (Å²) in [5.41, 5.74) is -0.706. The van der Waals surface area contributed by atoms with Crippen LogP contribution in [0.5, 0.6) is 0 Å². The molecule has 2 aliphatic heterocycles. The molecule has 1 N–H and O–H groups in total. The van der Waals surface area contributed by atoms with Gasteiger partial charge in [-0.2, -0.15) is 0 Å². The smallest absolute Gasteiger partial charge is 0.0896 e. The van der Waals surface area contributed by atoms with Crippen molar-refractivity contribution < 1.29 is 9.84 Å². The van der Waals surface area contributed by atoms with Gasteiger partial charge in [0.05, 0.1) is 17.3 Å². The first-order valence-corrected chi connectivity index (χ1v) is 7.81. The van der Waals surface area contributed by atoms with Crippen LogP contribution in [0, 0.1) is 11.8 Å². The lowest BCUT2D eigenvalue weighted by atomic mass is 9.84. The molecule has 2 aliphatic rings. The molecule has 2 heterocycles. The van der Waals surface area contributed by atoms with Gasteiger partial charge in [-0.1, -0.05) is 6.92 Å². The third-order valence-corrected chi connectivity index (χ3v) is 5.28. The number of aliphatic hydroxyl groups excluding tert-OH is 1. The van der Waals surface area contributed by atoms with Crippen LogP contribution >= 0.6 is 0 Å². The van der Waals surface area contributed by atoms with E-state index in [2.05, 4.69) is 44.7 Å². The topological polar surface area (TPSA) is 35.9 Å². The third-order valence-electron chi connectivity index (χ3n) is 5.28. The zero-order valence-corrected chi connectivity index (χ0v) is 14.2. The van der Waals surface area contributed by atoms with Gasteiger partial charge in [0.2, 0.25) is 0 Å². The van der Waals surface area contributed by atoms with Crippen LogP contribution in [0.2, 0.25) is 0 Å². The second-order valence-corrected chi connectivity index (χ2v) is 8.09. The Balaban J connectivity index is 2.04. The number of ether oxygens (including phenoxy) is 1. The fraction of sp³-hybridized carbons (Fsp3) is 1.00. The summed E-state index contributed by atoms with van der Waals surface area (Å²) in [7, 11) is 4.32. The van der Waals surface area contributed by atoms with E-state index in [1.807, 2.05) is 13.8 Å². The summed E-state index contributed by atoms with van der Waals surface area (Å²) in [5, 5.41) is 10.6. The quantitative estimate of drug-likeness (QED) is 0.850. The van der Waals surface area contributed by atoms with Crippen molar-refractivity contribution in [2.45, 2.75) is 58.0 Å². The minimum Gasteiger partial charge on any atom is -0.390 e. The predicted octanol–water partition coefficient (Wildman–Crippen LogP) is 1.43. The average molecular weight is 284 g/mol. The summed E-state index contributed by atoms with van der Waals surface area (Å²) >= 11 is 0. The van der Waals surface area contributed by atoms with Crippen LogP contribution in [-0.2, 0) is 4.74 Å². The summed E-state index contributed by atoms with van der Waals surface area (Å²) in [5.74, 6) is 0.853. The minimum atomic E-state index is -0.444. The monoisotopic (exact) mass is 284 g/mol. The third kappa shape index (κ3) is 2.89. The minimum absolute atomic E-state index is 0.172. The van der Waals surface area contributed by atoms with E-state index >= 15 is 0 Å². The summed E-state index contributed by atoms with van der Waals surface area (Å²) in [6.07, 6.45) is -0.397. The lowest BCUT2D eigenvalue weighted by Crippen LogP contribution is -2.43. The van der Waals surface area contributed by atoms with Crippen LogP contribution in [0.3, 0.4) is 0 Å². The zero-order valence-electron chi connectivity index (χ0n) is 14.2. The van der Waals surface area contributed by atoms with Crippen molar-refractivity contribution in [2.24, 2.45) is 11.8 Å². The molecule has 4 heteroatoms. The van der Waals surface area contributed by atoms with E-state index in [0.29, 0.717) is 12.0 Å². The maximum atomic E-state index is 10.6. The first-order chi connectivity index (χ1) is 9.04. The van der Waals surface area contributed by atoms with Gasteiger partial charge in [-0.3, -0.25) is 0 Å². The molecule has 0 aromatic carbocycles. The molecule has 2 saturated heterocycles. The standard InChI is InChI=1S/C16H32N2O2/c1-11-8-18(10-13(11)17(6)7)9-12-14(19)16(4,5)20-15(12,2)3/h11-14,19H,8-10H2,1-7H3. The van der Waals surface area contributed by atoms with Crippen LogP contribution in [0.25, 0.3) is 0 Å². The molecule has 20 heavy (non-hydrogen) atoms. The second kappa shape index (κ2) is 5.24. The first-order valence-electron chi connectivity index (χ1n) is 7.81. The van der Waals surface area contributed by atoms with E-state index < -0.39 is 11.7 Å². The van der Waals surface area contributed by atoms with Crippen LogP contribution < -0.4 is 0 Å². The molecule has 4 unspecified atom stereocenters. The van der Waals surface area contributed by atoms with Crippen LogP contribution in [-0.4, -0.2) is 72.0 Å². The fourth-order valence-corrected chi connectivity index (χ4v) is 4.15. The normalized spacial score (nSPS) is 40.6. The second-order valence-electron chi connectivity index (χ2n) is 8.09. The van der Waals surface area contributed by atoms with Crippen LogP contribution in [0.1, 0.15) is 34.6 Å². The summed E-state index contributed by atoms with van der Waals surface area (Å²) in [6.45, 7) is 13.7. The van der Waals surface area contributed by atoms with Gasteiger partial charge in [-0.05, 0) is 47.7 Å². The van der Waals surface area contributed by atoms with Gasteiger partial charge in [0.15, 0.2) is 0 Å². The predicted molar refractivity (Wildman–Crippen MR) is 81.8 cm³/mol. The molecule has 0 aromatic heterocycles. The molecule has 0 amide bonds. The van der Waals surface area contributed by atoms with E-state index in [0.717, 1.165) is 19.6 Å². The maximum Gasteiger partial charge on any atom is 0.0896 e. The van der Waals surface area contributed by atoms with E-state index in [1.165, 1.54) is 0 Å². The Bertz CT molecular complexity index is 354. The van der Waals surface area contributed by atoms with E-state index in [-0.39, 0.29) is 11.5 Å². The molecule has 0 aromatic rings. The molecule has 0 aliphatic carbocycles. The molecule has 4 nitrogen and oxygen atoms in total. The number of hydrogen-bond acceptors (Lipinski definition) is 4. The van der Waals surface area contributed by atoms with Gasteiger partial charge < -0.3 is 19.6 Å². The molecule has 118 valence electrons. The first kappa shape index (κ1) is 16.2. The molecule has 2 fully saturated rings. The highest BCUT2D eigenvalue weighted by Crippen LogP contribution is 2.43. The molecular weight excluding hydrogens is 252 g/mol. The largest absolute Gasteiger partial charge is 0.390 e. The lowest BCUT2D eigenvalue weighted by molar-refractivity contribution is -0.0912. The van der Waals surface area contributed by atoms with Gasteiger partial charge in [-0.25, -0.2) is 0 Å². The Morgan fingerprint density at radius 3 is 2.15 bits per heavy atom. The number of aliphatic hydroxyl groups is 1. The molecular formula is C16H32N2O2. The van der Waals surface area contributed by atoms with Gasteiger partial charge in [-0.15, -0.1) is 0 Å².